The molecule has 0 saturated carbocycles. The Kier molecular flexibility index (Phi) is 5.48. The van der Waals surface area contributed by atoms with E-state index in [0.29, 0.717) is 11.8 Å². The van der Waals surface area contributed by atoms with Crippen molar-refractivity contribution in [3.63, 3.8) is 0 Å². The van der Waals surface area contributed by atoms with Gasteiger partial charge in [0, 0.05) is 30.2 Å². The molecule has 1 aromatic carbocycles. The summed E-state index contributed by atoms with van der Waals surface area (Å²) >= 11 is 0. The van der Waals surface area contributed by atoms with Gasteiger partial charge in [0.1, 0.15) is 5.76 Å². The van der Waals surface area contributed by atoms with Crippen LogP contribution in [0.15, 0.2) is 47.1 Å². The van der Waals surface area contributed by atoms with Crippen LogP contribution >= 0.6 is 0 Å². The molecular formula is C25H30N4O2. The number of rotatable bonds is 6. The molecule has 3 aliphatic rings. The molecule has 1 N–H and O–H groups in total. The molecule has 3 aliphatic heterocycles. The smallest absolute Gasteiger partial charge is 0.228 e. The SMILES string of the molecule is CC[C@H]1CN2CC[C@@H]1C[C@@H]2[C@H](NC(=O)Cc1cc(C)no1)c1ccnc2ccccc12. The molecule has 3 fully saturated rings. The minimum atomic E-state index is -0.0787. The molecule has 2 aromatic heterocycles. The van der Waals surface area contributed by atoms with Gasteiger partial charge in [0.2, 0.25) is 5.91 Å². The second-order valence-electron chi connectivity index (χ2n) is 9.09. The van der Waals surface area contributed by atoms with Crippen molar-refractivity contribution in [1.29, 1.82) is 0 Å². The topological polar surface area (TPSA) is 71.3 Å². The van der Waals surface area contributed by atoms with Crippen molar-refractivity contribution in [1.82, 2.24) is 20.4 Å². The van der Waals surface area contributed by atoms with Gasteiger partial charge in [-0.1, -0.05) is 36.7 Å². The van der Waals surface area contributed by atoms with Gasteiger partial charge in [-0.25, -0.2) is 0 Å². The number of amides is 1. The Morgan fingerprint density at radius 2 is 2.19 bits per heavy atom. The van der Waals surface area contributed by atoms with Gasteiger partial charge in [-0.15, -0.1) is 0 Å². The van der Waals surface area contributed by atoms with Crippen molar-refractivity contribution in [3.8, 4) is 0 Å². The average molecular weight is 419 g/mol. The standard InChI is InChI=1S/C25H30N4O2/c1-3-17-15-29-11-9-18(17)13-23(29)25(27-24(30)14-19-12-16(2)28-31-19)21-8-10-26-22-7-5-4-6-20(21)22/h4-8,10,12,17-18,23,25H,3,9,11,13-15H2,1-2H3,(H,27,30)/t17-,18+,23+,25+/m0/s1. The Morgan fingerprint density at radius 3 is 2.94 bits per heavy atom. The first kappa shape index (κ1) is 20.2. The lowest BCUT2D eigenvalue weighted by Gasteiger charge is -2.52. The average Bonchev–Trinajstić information content (AvgIpc) is 3.21. The van der Waals surface area contributed by atoms with Gasteiger partial charge in [0.15, 0.2) is 0 Å². The van der Waals surface area contributed by atoms with Crippen LogP contribution < -0.4 is 5.32 Å². The number of hydrogen-bond acceptors (Lipinski definition) is 5. The van der Waals surface area contributed by atoms with Crippen LogP contribution in [0.25, 0.3) is 10.9 Å². The quantitative estimate of drug-likeness (QED) is 0.654. The molecule has 6 rings (SSSR count). The monoisotopic (exact) mass is 418 g/mol. The maximum Gasteiger partial charge on any atom is 0.228 e. The van der Waals surface area contributed by atoms with E-state index in [0.717, 1.165) is 53.5 Å². The number of piperidine rings is 3. The largest absolute Gasteiger partial charge is 0.361 e. The molecule has 6 heteroatoms. The summed E-state index contributed by atoms with van der Waals surface area (Å²) in [6, 6.07) is 12.3. The number of carbonyl (C=O) groups excluding carboxylic acids is 1. The Bertz CT molecular complexity index is 1070. The molecule has 0 radical (unpaired) electrons. The lowest BCUT2D eigenvalue weighted by molar-refractivity contribution is -0.122. The molecule has 3 saturated heterocycles. The van der Waals surface area contributed by atoms with Crippen molar-refractivity contribution in [2.24, 2.45) is 11.8 Å². The third-order valence-electron chi connectivity index (χ3n) is 7.19. The summed E-state index contributed by atoms with van der Waals surface area (Å²) in [7, 11) is 0. The molecule has 2 bridgehead atoms. The highest BCUT2D eigenvalue weighted by atomic mass is 16.5. The van der Waals surface area contributed by atoms with Crippen LogP contribution in [-0.2, 0) is 11.2 Å². The molecule has 0 aliphatic carbocycles. The molecule has 3 aromatic rings. The van der Waals surface area contributed by atoms with E-state index in [9.17, 15) is 4.79 Å². The zero-order valence-electron chi connectivity index (χ0n) is 18.3. The van der Waals surface area contributed by atoms with Crippen LogP contribution in [0.4, 0.5) is 0 Å². The first-order chi connectivity index (χ1) is 15.1. The molecule has 5 atom stereocenters. The molecule has 31 heavy (non-hydrogen) atoms. The number of aromatic nitrogens is 2. The van der Waals surface area contributed by atoms with Crippen LogP contribution in [0.1, 0.15) is 49.2 Å². The summed E-state index contributed by atoms with van der Waals surface area (Å²) < 4.78 is 5.28. The summed E-state index contributed by atoms with van der Waals surface area (Å²) in [5.41, 5.74) is 2.91. The third-order valence-corrected chi connectivity index (χ3v) is 7.19. The Morgan fingerprint density at radius 1 is 1.32 bits per heavy atom. The van der Waals surface area contributed by atoms with E-state index in [1.807, 2.05) is 37.4 Å². The zero-order chi connectivity index (χ0) is 21.4. The van der Waals surface area contributed by atoms with Crippen molar-refractivity contribution < 1.29 is 9.32 Å². The van der Waals surface area contributed by atoms with E-state index in [1.165, 1.54) is 12.8 Å². The summed E-state index contributed by atoms with van der Waals surface area (Å²) in [6.45, 7) is 6.41. The maximum atomic E-state index is 13.1. The van der Waals surface area contributed by atoms with Crippen molar-refractivity contribution >= 4 is 16.8 Å². The van der Waals surface area contributed by atoms with Crippen molar-refractivity contribution in [2.45, 2.75) is 51.6 Å². The molecule has 6 nitrogen and oxygen atoms in total. The van der Waals surface area contributed by atoms with Gasteiger partial charge in [-0.3, -0.25) is 14.7 Å². The fraction of sp³-hybridized carbons (Fsp3) is 0.480. The normalized spacial score (nSPS) is 26.1. The van der Waals surface area contributed by atoms with E-state index >= 15 is 0 Å². The highest BCUT2D eigenvalue weighted by Gasteiger charge is 2.43. The predicted molar refractivity (Wildman–Crippen MR) is 119 cm³/mol. The lowest BCUT2D eigenvalue weighted by Crippen LogP contribution is -2.57. The highest BCUT2D eigenvalue weighted by molar-refractivity contribution is 5.84. The summed E-state index contributed by atoms with van der Waals surface area (Å²) in [5, 5.41) is 8.40. The molecular weight excluding hydrogens is 388 g/mol. The van der Waals surface area contributed by atoms with Gasteiger partial charge in [-0.2, -0.15) is 0 Å². The Balaban J connectivity index is 1.47. The van der Waals surface area contributed by atoms with E-state index in [2.05, 4.69) is 39.4 Å². The number of para-hydroxylation sites is 1. The highest BCUT2D eigenvalue weighted by Crippen LogP contribution is 2.42. The van der Waals surface area contributed by atoms with Crippen molar-refractivity contribution in [2.75, 3.05) is 13.1 Å². The van der Waals surface area contributed by atoms with Crippen molar-refractivity contribution in [3.05, 3.63) is 59.6 Å². The second kappa shape index (κ2) is 8.42. The predicted octanol–water partition coefficient (Wildman–Crippen LogP) is 4.05. The maximum absolute atomic E-state index is 13.1. The lowest BCUT2D eigenvalue weighted by atomic mass is 9.72. The molecule has 0 spiro atoms. The number of nitrogens with zero attached hydrogens (tertiary/aromatic N) is 3. The van der Waals surface area contributed by atoms with E-state index in [-0.39, 0.29) is 18.4 Å². The number of nitrogens with one attached hydrogen (secondary N) is 1. The third kappa shape index (κ3) is 3.97. The van der Waals surface area contributed by atoms with Crippen LogP contribution in [-0.4, -0.2) is 40.1 Å². The first-order valence-corrected chi connectivity index (χ1v) is 11.4. The van der Waals surface area contributed by atoms with Crippen LogP contribution in [0.5, 0.6) is 0 Å². The van der Waals surface area contributed by atoms with Gasteiger partial charge in [0.25, 0.3) is 0 Å². The second-order valence-corrected chi connectivity index (χ2v) is 9.09. The Hall–Kier alpha value is -2.73. The summed E-state index contributed by atoms with van der Waals surface area (Å²) in [5.74, 6) is 2.08. The summed E-state index contributed by atoms with van der Waals surface area (Å²) in [4.78, 5) is 20.2. The minimum absolute atomic E-state index is 0.0308. The number of aryl methyl sites for hydroxylation is 1. The fourth-order valence-corrected chi connectivity index (χ4v) is 5.64. The van der Waals surface area contributed by atoms with Gasteiger partial charge < -0.3 is 9.84 Å². The van der Waals surface area contributed by atoms with Crippen LogP contribution in [0, 0.1) is 18.8 Å². The molecule has 1 unspecified atom stereocenters. The van der Waals surface area contributed by atoms with E-state index in [1.54, 1.807) is 0 Å². The van der Waals surface area contributed by atoms with Crippen LogP contribution in [0.2, 0.25) is 0 Å². The number of hydrogen-bond donors (Lipinski definition) is 1. The van der Waals surface area contributed by atoms with E-state index < -0.39 is 0 Å². The number of pyridine rings is 1. The molecule has 1 amide bonds. The van der Waals surface area contributed by atoms with Gasteiger partial charge in [-0.05, 0) is 55.8 Å². The molecule has 5 heterocycles. The van der Waals surface area contributed by atoms with Crippen LogP contribution in [0.3, 0.4) is 0 Å². The van der Waals surface area contributed by atoms with Gasteiger partial charge in [0.05, 0.1) is 23.7 Å². The fourth-order valence-electron chi connectivity index (χ4n) is 5.64. The molecule has 162 valence electrons. The van der Waals surface area contributed by atoms with Gasteiger partial charge >= 0.3 is 0 Å². The first-order valence-electron chi connectivity index (χ1n) is 11.4. The number of fused-ring (bicyclic) bond motifs is 4. The van der Waals surface area contributed by atoms with E-state index in [4.69, 9.17) is 4.52 Å². The number of carbonyl (C=O) groups is 1. The Labute approximate surface area is 183 Å². The summed E-state index contributed by atoms with van der Waals surface area (Å²) in [6.07, 6.45) is 5.69. The zero-order valence-corrected chi connectivity index (χ0v) is 18.3. The number of benzene rings is 1. The minimum Gasteiger partial charge on any atom is -0.361 e.